The number of carboxylic acids is 1. The quantitative estimate of drug-likeness (QED) is 0.727. The van der Waals surface area contributed by atoms with E-state index < -0.39 is 11.9 Å². The Kier molecular flexibility index (Phi) is 7.64. The number of benzene rings is 1. The Balaban J connectivity index is 1.92. The number of nitrogens with zero attached hydrogens (tertiary/aromatic N) is 1. The highest BCUT2D eigenvalue weighted by Gasteiger charge is 2.31. The van der Waals surface area contributed by atoms with Crippen LogP contribution in [-0.2, 0) is 14.4 Å². The number of anilines is 1. The van der Waals surface area contributed by atoms with Gasteiger partial charge in [-0.2, -0.15) is 0 Å². The molecule has 0 bridgehead atoms. The van der Waals surface area contributed by atoms with Gasteiger partial charge in [-0.1, -0.05) is 12.5 Å². The Morgan fingerprint density at radius 3 is 2.56 bits per heavy atom. The Labute approximate surface area is 159 Å². The second kappa shape index (κ2) is 9.94. The van der Waals surface area contributed by atoms with E-state index in [9.17, 15) is 14.4 Å². The lowest BCUT2D eigenvalue weighted by Gasteiger charge is -2.25. The van der Waals surface area contributed by atoms with Gasteiger partial charge in [-0.15, -0.1) is 0 Å². The molecule has 1 fully saturated rings. The van der Waals surface area contributed by atoms with Crippen LogP contribution in [0.25, 0.3) is 0 Å². The van der Waals surface area contributed by atoms with Crippen LogP contribution in [0.5, 0.6) is 5.75 Å². The van der Waals surface area contributed by atoms with Crippen LogP contribution in [0.4, 0.5) is 5.69 Å². The molecule has 1 aromatic rings. The molecular formula is C20H28N2O5. The van der Waals surface area contributed by atoms with Gasteiger partial charge in [0, 0.05) is 30.8 Å². The van der Waals surface area contributed by atoms with Gasteiger partial charge in [-0.05, 0) is 45.2 Å². The van der Waals surface area contributed by atoms with Gasteiger partial charge in [0.2, 0.25) is 5.91 Å². The van der Waals surface area contributed by atoms with Crippen molar-refractivity contribution >= 4 is 23.5 Å². The summed E-state index contributed by atoms with van der Waals surface area (Å²) in [5, 5.41) is 12.0. The number of likely N-dealkylation sites (N-methyl/N-ethyl adjacent to an activating group) is 1. The van der Waals surface area contributed by atoms with Crippen molar-refractivity contribution in [1.82, 2.24) is 4.90 Å². The van der Waals surface area contributed by atoms with Crippen LogP contribution in [0.2, 0.25) is 0 Å². The molecule has 2 unspecified atom stereocenters. The van der Waals surface area contributed by atoms with E-state index in [1.54, 1.807) is 29.2 Å². The van der Waals surface area contributed by atoms with Crippen LogP contribution in [0.15, 0.2) is 24.3 Å². The minimum Gasteiger partial charge on any atom is -0.484 e. The standard InChI is InChI=1S/C20H28N2O5/c1-3-22(4-2)18(23)13-27-17-10-6-9-16(12-17)21-19(24)14-7-5-8-15(11-14)20(25)26/h6,9-10,12,14-15H,3-5,7-8,11,13H2,1-2H3,(H,21,24)(H,25,26). The monoisotopic (exact) mass is 376 g/mol. The van der Waals surface area contributed by atoms with Gasteiger partial charge in [0.05, 0.1) is 5.92 Å². The van der Waals surface area contributed by atoms with E-state index in [1.165, 1.54) is 0 Å². The number of carbonyl (C=O) groups excluding carboxylic acids is 2. The predicted octanol–water partition coefficient (Wildman–Crippen LogP) is 2.76. The lowest BCUT2D eigenvalue weighted by atomic mass is 9.81. The molecule has 148 valence electrons. The number of amides is 2. The summed E-state index contributed by atoms with van der Waals surface area (Å²) in [5.41, 5.74) is 0.574. The highest BCUT2D eigenvalue weighted by atomic mass is 16.5. The molecule has 0 spiro atoms. The molecule has 7 nitrogen and oxygen atoms in total. The Bertz CT molecular complexity index is 672. The van der Waals surface area contributed by atoms with Crippen molar-refractivity contribution in [3.63, 3.8) is 0 Å². The molecule has 2 rings (SSSR count). The molecule has 27 heavy (non-hydrogen) atoms. The maximum atomic E-state index is 12.5. The van der Waals surface area contributed by atoms with Crippen LogP contribution in [-0.4, -0.2) is 47.5 Å². The molecule has 7 heteroatoms. The first-order valence-corrected chi connectivity index (χ1v) is 9.48. The van der Waals surface area contributed by atoms with Crippen LogP contribution < -0.4 is 10.1 Å². The van der Waals surface area contributed by atoms with Crippen molar-refractivity contribution in [2.24, 2.45) is 11.8 Å². The SMILES string of the molecule is CCN(CC)C(=O)COc1cccc(NC(=O)C2CCCC(C(=O)O)C2)c1. The van der Waals surface area contributed by atoms with E-state index in [4.69, 9.17) is 9.84 Å². The van der Waals surface area contributed by atoms with Crippen LogP contribution in [0.1, 0.15) is 39.5 Å². The molecule has 1 saturated carbocycles. The number of carboxylic acid groups (broad SMARTS) is 1. The smallest absolute Gasteiger partial charge is 0.306 e. The van der Waals surface area contributed by atoms with Gasteiger partial charge >= 0.3 is 5.97 Å². The third-order valence-electron chi connectivity index (χ3n) is 4.97. The van der Waals surface area contributed by atoms with E-state index in [1.807, 2.05) is 13.8 Å². The molecule has 2 amide bonds. The van der Waals surface area contributed by atoms with E-state index in [2.05, 4.69) is 5.32 Å². The van der Waals surface area contributed by atoms with Crippen molar-refractivity contribution in [2.75, 3.05) is 25.0 Å². The normalized spacial score (nSPS) is 19.2. The largest absolute Gasteiger partial charge is 0.484 e. The van der Waals surface area contributed by atoms with E-state index in [0.29, 0.717) is 43.8 Å². The van der Waals surface area contributed by atoms with Crippen molar-refractivity contribution < 1.29 is 24.2 Å². The number of aliphatic carboxylic acids is 1. The van der Waals surface area contributed by atoms with Gasteiger partial charge in [0.25, 0.3) is 5.91 Å². The molecule has 0 aliphatic heterocycles. The zero-order valence-corrected chi connectivity index (χ0v) is 15.9. The summed E-state index contributed by atoms with van der Waals surface area (Å²) in [6.07, 6.45) is 2.44. The second-order valence-corrected chi connectivity index (χ2v) is 6.77. The van der Waals surface area contributed by atoms with Crippen LogP contribution >= 0.6 is 0 Å². The fourth-order valence-corrected chi connectivity index (χ4v) is 3.37. The van der Waals surface area contributed by atoms with E-state index >= 15 is 0 Å². The third kappa shape index (κ3) is 5.98. The number of hydrogen-bond donors (Lipinski definition) is 2. The van der Waals surface area contributed by atoms with Gasteiger partial charge in [0.1, 0.15) is 5.75 Å². The van der Waals surface area contributed by atoms with E-state index in [0.717, 1.165) is 6.42 Å². The highest BCUT2D eigenvalue weighted by Crippen LogP contribution is 2.30. The topological polar surface area (TPSA) is 95.9 Å². The molecule has 0 saturated heterocycles. The van der Waals surface area contributed by atoms with Crippen molar-refractivity contribution in [3.8, 4) is 5.75 Å². The lowest BCUT2D eigenvalue weighted by Crippen LogP contribution is -2.34. The second-order valence-electron chi connectivity index (χ2n) is 6.77. The van der Waals surface area contributed by atoms with Crippen molar-refractivity contribution in [2.45, 2.75) is 39.5 Å². The Hall–Kier alpha value is -2.57. The fourth-order valence-electron chi connectivity index (χ4n) is 3.37. The van der Waals surface area contributed by atoms with Gasteiger partial charge < -0.3 is 20.1 Å². The zero-order chi connectivity index (χ0) is 19.8. The summed E-state index contributed by atoms with van der Waals surface area (Å²) >= 11 is 0. The minimum absolute atomic E-state index is 0.0536. The number of hydrogen-bond acceptors (Lipinski definition) is 4. The maximum Gasteiger partial charge on any atom is 0.306 e. The minimum atomic E-state index is -0.833. The van der Waals surface area contributed by atoms with Crippen molar-refractivity contribution in [3.05, 3.63) is 24.3 Å². The molecule has 1 aromatic carbocycles. The molecule has 2 N–H and O–H groups in total. The van der Waals surface area contributed by atoms with Crippen LogP contribution in [0, 0.1) is 11.8 Å². The van der Waals surface area contributed by atoms with Gasteiger partial charge in [-0.25, -0.2) is 0 Å². The van der Waals surface area contributed by atoms with Crippen molar-refractivity contribution in [1.29, 1.82) is 0 Å². The maximum absolute atomic E-state index is 12.5. The molecule has 1 aliphatic carbocycles. The first-order valence-electron chi connectivity index (χ1n) is 9.48. The highest BCUT2D eigenvalue weighted by molar-refractivity contribution is 5.93. The van der Waals surface area contributed by atoms with Gasteiger partial charge in [-0.3, -0.25) is 14.4 Å². The molecular weight excluding hydrogens is 348 g/mol. The fraction of sp³-hybridized carbons (Fsp3) is 0.550. The van der Waals surface area contributed by atoms with Crippen LogP contribution in [0.3, 0.4) is 0 Å². The summed E-state index contributed by atoms with van der Waals surface area (Å²) in [7, 11) is 0. The molecule has 1 aliphatic rings. The summed E-state index contributed by atoms with van der Waals surface area (Å²) in [5.74, 6) is -1.33. The molecule has 0 radical (unpaired) electrons. The summed E-state index contributed by atoms with van der Waals surface area (Å²) < 4.78 is 5.55. The molecule has 0 aromatic heterocycles. The summed E-state index contributed by atoms with van der Waals surface area (Å²) in [6.45, 7) is 5.04. The Morgan fingerprint density at radius 2 is 1.89 bits per heavy atom. The lowest BCUT2D eigenvalue weighted by molar-refractivity contribution is -0.143. The zero-order valence-electron chi connectivity index (χ0n) is 15.9. The number of ether oxygens (including phenoxy) is 1. The number of nitrogens with one attached hydrogen (secondary N) is 1. The van der Waals surface area contributed by atoms with E-state index in [-0.39, 0.29) is 24.3 Å². The number of rotatable bonds is 8. The average molecular weight is 376 g/mol. The Morgan fingerprint density at radius 1 is 1.19 bits per heavy atom. The average Bonchev–Trinajstić information content (AvgIpc) is 2.67. The number of carbonyl (C=O) groups is 3. The predicted molar refractivity (Wildman–Crippen MR) is 102 cm³/mol. The summed E-state index contributed by atoms with van der Waals surface area (Å²) in [4.78, 5) is 37.3. The van der Waals surface area contributed by atoms with Gasteiger partial charge in [0.15, 0.2) is 6.61 Å². The third-order valence-corrected chi connectivity index (χ3v) is 4.97. The summed E-state index contributed by atoms with van der Waals surface area (Å²) in [6, 6.07) is 6.89. The first-order chi connectivity index (χ1) is 12.9. The molecule has 0 heterocycles. The molecule has 2 atom stereocenters. The first kappa shape index (κ1) is 20.7.